The smallest absolute Gasteiger partial charge is 0.245 e. The van der Waals surface area contributed by atoms with Gasteiger partial charge >= 0.3 is 0 Å². The fraction of sp³-hybridized carbons (Fsp3) is 0.316. The Morgan fingerprint density at radius 1 is 1.22 bits per heavy atom. The maximum atomic E-state index is 12.4. The Bertz CT molecular complexity index is 929. The molecule has 27 heavy (non-hydrogen) atoms. The normalized spacial score (nSPS) is 11.3. The maximum Gasteiger partial charge on any atom is 0.245 e. The second-order valence-corrected chi connectivity index (χ2v) is 8.76. The Hall–Kier alpha value is -2.25. The van der Waals surface area contributed by atoms with E-state index in [2.05, 4.69) is 5.32 Å². The molecule has 0 saturated heterocycles. The van der Waals surface area contributed by atoms with E-state index in [0.29, 0.717) is 22.1 Å². The van der Waals surface area contributed by atoms with Crippen LogP contribution >= 0.6 is 11.6 Å². The lowest BCUT2D eigenvalue weighted by Gasteiger charge is -2.23. The molecule has 0 aliphatic rings. The van der Waals surface area contributed by atoms with E-state index in [1.165, 1.54) is 0 Å². The van der Waals surface area contributed by atoms with Gasteiger partial charge in [-0.15, -0.1) is 0 Å². The summed E-state index contributed by atoms with van der Waals surface area (Å²) in [5.74, 6) is 0.0531. The first-order valence-electron chi connectivity index (χ1n) is 8.36. The number of nitrogens with zero attached hydrogens (tertiary/aromatic N) is 1. The molecule has 0 radical (unpaired) electrons. The van der Waals surface area contributed by atoms with E-state index in [1.54, 1.807) is 42.5 Å². The third-order valence-corrected chi connectivity index (χ3v) is 5.17. The lowest BCUT2D eigenvalue weighted by Crippen LogP contribution is -2.37. The van der Waals surface area contributed by atoms with Crippen LogP contribution in [-0.4, -0.2) is 33.2 Å². The zero-order valence-corrected chi connectivity index (χ0v) is 17.3. The molecule has 0 aromatic heterocycles. The van der Waals surface area contributed by atoms with Gasteiger partial charge in [-0.3, -0.25) is 9.10 Å². The number of sulfonamides is 1. The summed E-state index contributed by atoms with van der Waals surface area (Å²) in [5, 5.41) is 3.19. The van der Waals surface area contributed by atoms with E-state index in [1.807, 2.05) is 20.8 Å². The molecule has 146 valence electrons. The highest BCUT2D eigenvalue weighted by Crippen LogP contribution is 2.24. The Morgan fingerprint density at radius 3 is 2.52 bits per heavy atom. The van der Waals surface area contributed by atoms with Crippen LogP contribution in [0, 0.1) is 6.92 Å². The van der Waals surface area contributed by atoms with Crippen LogP contribution < -0.4 is 14.4 Å². The van der Waals surface area contributed by atoms with Crippen LogP contribution in [0.1, 0.15) is 19.4 Å². The SMILES string of the molecule is Cc1ccc(NC(=O)CN(c2cccc(OC(C)C)c2)S(C)(=O)=O)cc1Cl. The summed E-state index contributed by atoms with van der Waals surface area (Å²) in [7, 11) is -3.67. The first kappa shape index (κ1) is 21.1. The molecular formula is C19H23ClN2O4S. The van der Waals surface area contributed by atoms with E-state index >= 15 is 0 Å². The minimum absolute atomic E-state index is 0.0541. The third-order valence-electron chi connectivity index (χ3n) is 3.62. The molecule has 0 unspecified atom stereocenters. The van der Waals surface area contributed by atoms with Crippen LogP contribution in [-0.2, 0) is 14.8 Å². The fourth-order valence-electron chi connectivity index (χ4n) is 2.39. The molecule has 0 atom stereocenters. The van der Waals surface area contributed by atoms with Crippen molar-refractivity contribution in [2.45, 2.75) is 26.9 Å². The topological polar surface area (TPSA) is 75.7 Å². The van der Waals surface area contributed by atoms with Gasteiger partial charge in [0.05, 0.1) is 18.0 Å². The number of nitrogens with one attached hydrogen (secondary N) is 1. The zero-order valence-electron chi connectivity index (χ0n) is 15.7. The largest absolute Gasteiger partial charge is 0.491 e. The molecule has 0 aliphatic heterocycles. The molecule has 1 amide bonds. The molecule has 0 heterocycles. The van der Waals surface area contributed by atoms with E-state index in [4.69, 9.17) is 16.3 Å². The molecule has 0 aliphatic carbocycles. The quantitative estimate of drug-likeness (QED) is 0.752. The molecule has 2 rings (SSSR count). The lowest BCUT2D eigenvalue weighted by molar-refractivity contribution is -0.114. The molecule has 8 heteroatoms. The Balaban J connectivity index is 2.22. The number of hydrogen-bond donors (Lipinski definition) is 1. The molecule has 0 fully saturated rings. The number of amides is 1. The first-order chi connectivity index (χ1) is 12.6. The number of rotatable bonds is 7. The van der Waals surface area contributed by atoms with Crippen molar-refractivity contribution in [2.24, 2.45) is 0 Å². The van der Waals surface area contributed by atoms with Crippen LogP contribution in [0.2, 0.25) is 5.02 Å². The summed E-state index contributed by atoms with van der Waals surface area (Å²) < 4.78 is 31.1. The Morgan fingerprint density at radius 2 is 1.93 bits per heavy atom. The number of carbonyl (C=O) groups excluding carboxylic acids is 1. The third kappa shape index (κ3) is 6.15. The van der Waals surface area contributed by atoms with Crippen LogP contribution in [0.25, 0.3) is 0 Å². The van der Waals surface area contributed by atoms with E-state index in [-0.39, 0.29) is 12.6 Å². The average molecular weight is 411 g/mol. The van der Waals surface area contributed by atoms with Crippen molar-refractivity contribution >= 4 is 38.9 Å². The Labute approximate surface area is 165 Å². The average Bonchev–Trinajstić information content (AvgIpc) is 2.54. The minimum Gasteiger partial charge on any atom is -0.491 e. The molecule has 2 aromatic rings. The molecule has 2 aromatic carbocycles. The predicted molar refractivity (Wildman–Crippen MR) is 109 cm³/mol. The van der Waals surface area contributed by atoms with Crippen molar-refractivity contribution in [3.63, 3.8) is 0 Å². The summed E-state index contributed by atoms with van der Waals surface area (Å²) in [4.78, 5) is 12.4. The summed E-state index contributed by atoms with van der Waals surface area (Å²) in [6.07, 6.45) is 1.00. The monoisotopic (exact) mass is 410 g/mol. The molecule has 1 N–H and O–H groups in total. The highest BCUT2D eigenvalue weighted by molar-refractivity contribution is 7.92. The Kier molecular flexibility index (Phi) is 6.73. The number of halogens is 1. The van der Waals surface area contributed by atoms with Crippen LogP contribution in [0.15, 0.2) is 42.5 Å². The minimum atomic E-state index is -3.67. The van der Waals surface area contributed by atoms with Gasteiger partial charge < -0.3 is 10.1 Å². The van der Waals surface area contributed by atoms with Gasteiger partial charge in [0, 0.05) is 16.8 Å². The second-order valence-electron chi connectivity index (χ2n) is 6.45. The number of carbonyl (C=O) groups is 1. The van der Waals surface area contributed by atoms with Crippen molar-refractivity contribution in [3.8, 4) is 5.75 Å². The molecule has 0 spiro atoms. The van der Waals surface area contributed by atoms with Crippen molar-refractivity contribution < 1.29 is 17.9 Å². The molecule has 6 nitrogen and oxygen atoms in total. The summed E-state index contributed by atoms with van der Waals surface area (Å²) in [6, 6.07) is 11.7. The van der Waals surface area contributed by atoms with E-state index < -0.39 is 15.9 Å². The van der Waals surface area contributed by atoms with Gasteiger partial charge in [-0.2, -0.15) is 0 Å². The second kappa shape index (κ2) is 8.63. The van der Waals surface area contributed by atoms with E-state index in [9.17, 15) is 13.2 Å². The van der Waals surface area contributed by atoms with Crippen LogP contribution in [0.4, 0.5) is 11.4 Å². The summed E-state index contributed by atoms with van der Waals surface area (Å²) >= 11 is 6.06. The molecular weight excluding hydrogens is 388 g/mol. The number of ether oxygens (including phenoxy) is 1. The lowest BCUT2D eigenvalue weighted by atomic mass is 10.2. The number of aryl methyl sites for hydroxylation is 1. The predicted octanol–water partition coefficient (Wildman–Crippen LogP) is 3.84. The van der Waals surface area contributed by atoms with Gasteiger partial charge in [-0.05, 0) is 50.6 Å². The van der Waals surface area contributed by atoms with Crippen molar-refractivity contribution in [3.05, 3.63) is 53.1 Å². The zero-order chi connectivity index (χ0) is 20.2. The maximum absolute atomic E-state index is 12.4. The summed E-state index contributed by atoms with van der Waals surface area (Å²) in [6.45, 7) is 5.24. The van der Waals surface area contributed by atoms with Gasteiger partial charge in [0.1, 0.15) is 12.3 Å². The number of hydrogen-bond acceptors (Lipinski definition) is 4. The summed E-state index contributed by atoms with van der Waals surface area (Å²) in [5.41, 5.74) is 1.74. The van der Waals surface area contributed by atoms with Crippen molar-refractivity contribution in [2.75, 3.05) is 22.4 Å². The standard InChI is InChI=1S/C19H23ClN2O4S/c1-13(2)26-17-7-5-6-16(11-17)22(27(4,24)25)12-19(23)21-15-9-8-14(3)18(20)10-15/h5-11,13H,12H2,1-4H3,(H,21,23). The number of anilines is 2. The van der Waals surface area contributed by atoms with Gasteiger partial charge in [-0.1, -0.05) is 23.7 Å². The highest BCUT2D eigenvalue weighted by atomic mass is 35.5. The van der Waals surface area contributed by atoms with Crippen LogP contribution in [0.5, 0.6) is 5.75 Å². The first-order valence-corrected chi connectivity index (χ1v) is 10.6. The molecule has 0 saturated carbocycles. The van der Waals surface area contributed by atoms with Crippen molar-refractivity contribution in [1.82, 2.24) is 0 Å². The van der Waals surface area contributed by atoms with Crippen molar-refractivity contribution in [1.29, 1.82) is 0 Å². The highest BCUT2D eigenvalue weighted by Gasteiger charge is 2.21. The van der Waals surface area contributed by atoms with Crippen LogP contribution in [0.3, 0.4) is 0 Å². The van der Waals surface area contributed by atoms with Gasteiger partial charge in [0.15, 0.2) is 0 Å². The fourth-order valence-corrected chi connectivity index (χ4v) is 3.41. The van der Waals surface area contributed by atoms with Gasteiger partial charge in [0.25, 0.3) is 0 Å². The number of benzene rings is 2. The van der Waals surface area contributed by atoms with Gasteiger partial charge in [0.2, 0.25) is 15.9 Å². The van der Waals surface area contributed by atoms with Gasteiger partial charge in [-0.25, -0.2) is 8.42 Å². The molecule has 0 bridgehead atoms. The van der Waals surface area contributed by atoms with E-state index in [0.717, 1.165) is 16.1 Å².